The van der Waals surface area contributed by atoms with Crippen LogP contribution in [0, 0.1) is 20.8 Å². The van der Waals surface area contributed by atoms with Crippen molar-refractivity contribution in [1.82, 2.24) is 14.7 Å². The minimum atomic E-state index is -4.40. The number of aromatic nitrogens is 2. The van der Waals surface area contributed by atoms with Crippen molar-refractivity contribution in [2.75, 3.05) is 7.05 Å². The fourth-order valence-electron chi connectivity index (χ4n) is 2.76. The second-order valence-corrected chi connectivity index (χ2v) is 6.34. The summed E-state index contributed by atoms with van der Waals surface area (Å²) in [4.78, 5) is 24.8. The number of carboxylic acid groups (broad SMARTS) is 1. The number of aromatic carboxylic acids is 1. The predicted molar refractivity (Wildman–Crippen MR) is 88.3 cm³/mol. The molecule has 148 valence electrons. The number of hydrogen-bond acceptors (Lipinski definition) is 4. The zero-order valence-corrected chi connectivity index (χ0v) is 15.3. The van der Waals surface area contributed by atoms with E-state index in [0.29, 0.717) is 17.0 Å². The van der Waals surface area contributed by atoms with E-state index in [9.17, 15) is 22.8 Å². The molecule has 2 heterocycles. The van der Waals surface area contributed by atoms with Crippen LogP contribution in [0.3, 0.4) is 0 Å². The number of nitrogens with zero attached hydrogens (tertiary/aromatic N) is 3. The molecule has 0 aromatic carbocycles. The molecule has 2 aromatic rings. The van der Waals surface area contributed by atoms with Crippen LogP contribution in [-0.2, 0) is 24.3 Å². The van der Waals surface area contributed by atoms with Crippen LogP contribution in [0.25, 0.3) is 0 Å². The lowest BCUT2D eigenvalue weighted by atomic mass is 10.1. The van der Waals surface area contributed by atoms with Crippen molar-refractivity contribution < 1.29 is 32.3 Å². The Morgan fingerprint density at radius 2 is 1.93 bits per heavy atom. The van der Waals surface area contributed by atoms with E-state index in [1.54, 1.807) is 6.92 Å². The zero-order chi connectivity index (χ0) is 20.5. The molecule has 0 atom stereocenters. The predicted octanol–water partition coefficient (Wildman–Crippen LogP) is 2.86. The summed E-state index contributed by atoms with van der Waals surface area (Å²) in [5.74, 6) is -0.932. The Labute approximate surface area is 153 Å². The van der Waals surface area contributed by atoms with Gasteiger partial charge in [0.2, 0.25) is 5.91 Å². The van der Waals surface area contributed by atoms with Crippen molar-refractivity contribution in [3.8, 4) is 0 Å². The van der Waals surface area contributed by atoms with Crippen molar-refractivity contribution in [2.45, 2.75) is 46.5 Å². The standard InChI is InChI=1S/C17H20F3N3O4/c1-9-13(10(2)23(21-9)8-17(18,19)20)6-15(24)22(4)7-12-5-14(16(25)26)11(3)27-12/h5H,6-8H2,1-4H3,(H,25,26). The number of aryl methyl sites for hydroxylation is 2. The topological polar surface area (TPSA) is 88.6 Å². The minimum absolute atomic E-state index is 0.0194. The molecule has 10 heteroatoms. The highest BCUT2D eigenvalue weighted by molar-refractivity contribution is 5.88. The number of carboxylic acids is 1. The van der Waals surface area contributed by atoms with Gasteiger partial charge in [0.15, 0.2) is 0 Å². The lowest BCUT2D eigenvalue weighted by Crippen LogP contribution is -2.28. The maximum absolute atomic E-state index is 12.6. The molecule has 2 aromatic heterocycles. The fraction of sp³-hybridized carbons (Fsp3) is 0.471. The van der Waals surface area contributed by atoms with Gasteiger partial charge in [-0.15, -0.1) is 0 Å². The van der Waals surface area contributed by atoms with E-state index in [1.807, 2.05) is 0 Å². The van der Waals surface area contributed by atoms with Crippen LogP contribution in [0.1, 0.15) is 38.8 Å². The van der Waals surface area contributed by atoms with Crippen LogP contribution in [0.2, 0.25) is 0 Å². The first kappa shape index (κ1) is 20.5. The highest BCUT2D eigenvalue weighted by Crippen LogP contribution is 2.22. The quantitative estimate of drug-likeness (QED) is 0.823. The van der Waals surface area contributed by atoms with E-state index in [0.717, 1.165) is 4.68 Å². The molecule has 0 spiro atoms. The van der Waals surface area contributed by atoms with Gasteiger partial charge in [-0.2, -0.15) is 18.3 Å². The molecular formula is C17H20F3N3O4. The normalized spacial score (nSPS) is 11.7. The summed E-state index contributed by atoms with van der Waals surface area (Å²) in [6.45, 7) is 3.38. The first-order valence-corrected chi connectivity index (χ1v) is 8.05. The van der Waals surface area contributed by atoms with Crippen molar-refractivity contribution >= 4 is 11.9 Å². The molecule has 0 saturated carbocycles. The van der Waals surface area contributed by atoms with Crippen LogP contribution >= 0.6 is 0 Å². The Morgan fingerprint density at radius 3 is 2.44 bits per heavy atom. The Kier molecular flexibility index (Phi) is 5.67. The summed E-state index contributed by atoms with van der Waals surface area (Å²) in [6.07, 6.45) is -4.52. The van der Waals surface area contributed by atoms with Crippen LogP contribution in [0.5, 0.6) is 0 Å². The van der Waals surface area contributed by atoms with Gasteiger partial charge in [-0.05, 0) is 26.8 Å². The molecule has 0 unspecified atom stereocenters. The molecule has 0 aliphatic carbocycles. The average Bonchev–Trinajstić information content (AvgIpc) is 3.00. The van der Waals surface area contributed by atoms with E-state index in [-0.39, 0.29) is 35.9 Å². The van der Waals surface area contributed by atoms with Crippen molar-refractivity contribution in [3.05, 3.63) is 40.1 Å². The number of alkyl halides is 3. The smallest absolute Gasteiger partial charge is 0.408 e. The van der Waals surface area contributed by atoms with Gasteiger partial charge in [-0.1, -0.05) is 0 Å². The number of likely N-dealkylation sites (N-methyl/N-ethyl adjacent to an activating group) is 1. The second kappa shape index (κ2) is 7.45. The van der Waals surface area contributed by atoms with Gasteiger partial charge in [0.1, 0.15) is 23.6 Å². The Hall–Kier alpha value is -2.78. The molecule has 1 N–H and O–H groups in total. The largest absolute Gasteiger partial charge is 0.478 e. The number of carbonyl (C=O) groups excluding carboxylic acids is 1. The summed E-state index contributed by atoms with van der Waals surface area (Å²) >= 11 is 0. The van der Waals surface area contributed by atoms with Gasteiger partial charge < -0.3 is 14.4 Å². The van der Waals surface area contributed by atoms with E-state index in [4.69, 9.17) is 9.52 Å². The molecule has 2 rings (SSSR count). The molecule has 0 radical (unpaired) electrons. The van der Waals surface area contributed by atoms with Gasteiger partial charge in [-0.3, -0.25) is 9.48 Å². The fourth-order valence-corrected chi connectivity index (χ4v) is 2.76. The maximum Gasteiger partial charge on any atom is 0.408 e. The van der Waals surface area contributed by atoms with Crippen molar-refractivity contribution in [2.24, 2.45) is 0 Å². The van der Waals surface area contributed by atoms with E-state index >= 15 is 0 Å². The van der Waals surface area contributed by atoms with Gasteiger partial charge in [-0.25, -0.2) is 4.79 Å². The first-order chi connectivity index (χ1) is 12.4. The first-order valence-electron chi connectivity index (χ1n) is 8.05. The lowest BCUT2D eigenvalue weighted by molar-refractivity contribution is -0.143. The highest BCUT2D eigenvalue weighted by atomic mass is 19.4. The number of carbonyl (C=O) groups is 2. The number of rotatable bonds is 6. The third kappa shape index (κ3) is 4.89. The number of amides is 1. The number of halogens is 3. The van der Waals surface area contributed by atoms with Gasteiger partial charge >= 0.3 is 12.1 Å². The summed E-state index contributed by atoms with van der Waals surface area (Å²) in [5.41, 5.74) is 1.11. The second-order valence-electron chi connectivity index (χ2n) is 6.34. The van der Waals surface area contributed by atoms with E-state index in [2.05, 4.69) is 5.10 Å². The molecule has 0 fully saturated rings. The lowest BCUT2D eigenvalue weighted by Gasteiger charge is -2.16. The molecule has 0 aliphatic rings. The Balaban J connectivity index is 2.10. The minimum Gasteiger partial charge on any atom is -0.478 e. The number of hydrogen-bond donors (Lipinski definition) is 1. The molecular weight excluding hydrogens is 367 g/mol. The van der Waals surface area contributed by atoms with Gasteiger partial charge in [0.05, 0.1) is 18.7 Å². The molecule has 0 bridgehead atoms. The van der Waals surface area contributed by atoms with E-state index < -0.39 is 18.7 Å². The third-order valence-electron chi connectivity index (χ3n) is 4.21. The summed E-state index contributed by atoms with van der Waals surface area (Å²) in [7, 11) is 1.51. The molecule has 0 aliphatic heterocycles. The van der Waals surface area contributed by atoms with Crippen LogP contribution < -0.4 is 0 Å². The third-order valence-corrected chi connectivity index (χ3v) is 4.21. The summed E-state index contributed by atoms with van der Waals surface area (Å²) in [6, 6.07) is 1.35. The Bertz CT molecular complexity index is 868. The van der Waals surface area contributed by atoms with Crippen LogP contribution in [0.15, 0.2) is 10.5 Å². The van der Waals surface area contributed by atoms with Gasteiger partial charge in [0, 0.05) is 18.3 Å². The number of furan rings is 1. The highest BCUT2D eigenvalue weighted by Gasteiger charge is 2.30. The molecule has 27 heavy (non-hydrogen) atoms. The summed E-state index contributed by atoms with van der Waals surface area (Å²) in [5, 5.41) is 12.9. The van der Waals surface area contributed by atoms with Gasteiger partial charge in [0.25, 0.3) is 0 Å². The monoisotopic (exact) mass is 387 g/mol. The summed E-state index contributed by atoms with van der Waals surface area (Å²) < 4.78 is 44.0. The molecule has 1 amide bonds. The van der Waals surface area contributed by atoms with Crippen LogP contribution in [0.4, 0.5) is 13.2 Å². The average molecular weight is 387 g/mol. The van der Waals surface area contributed by atoms with E-state index in [1.165, 1.54) is 31.9 Å². The van der Waals surface area contributed by atoms with Crippen LogP contribution in [-0.4, -0.2) is 44.9 Å². The maximum atomic E-state index is 12.6. The van der Waals surface area contributed by atoms with Crippen molar-refractivity contribution in [3.63, 3.8) is 0 Å². The Morgan fingerprint density at radius 1 is 1.30 bits per heavy atom. The SMILES string of the molecule is Cc1nn(CC(F)(F)F)c(C)c1CC(=O)N(C)Cc1cc(C(=O)O)c(C)o1. The molecule has 0 saturated heterocycles. The molecule has 7 nitrogen and oxygen atoms in total. The zero-order valence-electron chi connectivity index (χ0n) is 15.3. The van der Waals surface area contributed by atoms with Crippen molar-refractivity contribution in [1.29, 1.82) is 0 Å².